The van der Waals surface area contributed by atoms with E-state index >= 15 is 0 Å². The van der Waals surface area contributed by atoms with Gasteiger partial charge in [-0.15, -0.1) is 11.3 Å². The average Bonchev–Trinajstić information content (AvgIpc) is 3.23. The van der Waals surface area contributed by atoms with Crippen LogP contribution in [0.3, 0.4) is 0 Å². The summed E-state index contributed by atoms with van der Waals surface area (Å²) in [5.41, 5.74) is 2.53. The average molecular weight is 519 g/mol. The standard InChI is InChI=1S/C26H29Cl2N3O2S/c1-4-19(3)31(26(33)29-25-21(27)11-8-12-22(25)28)17-24(32)30(15-20-9-6-5-7-10-20)16-23-18(2)13-14-34-23/h5-14,19H,4,15-17H2,1-3H3,(H,29,33). The summed E-state index contributed by atoms with van der Waals surface area (Å²) in [6, 6.07) is 16.4. The summed E-state index contributed by atoms with van der Waals surface area (Å²) >= 11 is 14.1. The van der Waals surface area contributed by atoms with E-state index in [0.29, 0.717) is 35.2 Å². The van der Waals surface area contributed by atoms with E-state index in [9.17, 15) is 9.59 Å². The van der Waals surface area contributed by atoms with Crippen molar-refractivity contribution in [2.75, 3.05) is 11.9 Å². The molecule has 2 aromatic carbocycles. The minimum atomic E-state index is -0.412. The second kappa shape index (κ2) is 12.2. The highest BCUT2D eigenvalue weighted by Crippen LogP contribution is 2.30. The van der Waals surface area contributed by atoms with Crippen LogP contribution in [0.15, 0.2) is 60.0 Å². The van der Waals surface area contributed by atoms with Crippen LogP contribution in [0, 0.1) is 6.92 Å². The Balaban J connectivity index is 1.82. The van der Waals surface area contributed by atoms with Crippen LogP contribution in [-0.2, 0) is 17.9 Å². The Morgan fingerprint density at radius 3 is 2.26 bits per heavy atom. The summed E-state index contributed by atoms with van der Waals surface area (Å²) < 4.78 is 0. The Morgan fingerprint density at radius 1 is 1.00 bits per heavy atom. The number of para-hydroxylation sites is 1. The molecule has 0 aliphatic carbocycles. The van der Waals surface area contributed by atoms with Gasteiger partial charge in [0, 0.05) is 17.5 Å². The number of nitrogens with one attached hydrogen (secondary N) is 1. The smallest absolute Gasteiger partial charge is 0.322 e. The number of nitrogens with zero attached hydrogens (tertiary/aromatic N) is 2. The van der Waals surface area contributed by atoms with E-state index in [1.807, 2.05) is 56.5 Å². The van der Waals surface area contributed by atoms with Crippen LogP contribution < -0.4 is 5.32 Å². The summed E-state index contributed by atoms with van der Waals surface area (Å²) in [4.78, 5) is 31.3. The first kappa shape index (κ1) is 26.1. The molecular weight excluding hydrogens is 489 g/mol. The van der Waals surface area contributed by atoms with Gasteiger partial charge in [-0.3, -0.25) is 4.79 Å². The van der Waals surface area contributed by atoms with Gasteiger partial charge in [-0.2, -0.15) is 0 Å². The SMILES string of the molecule is CCC(C)N(CC(=O)N(Cc1ccccc1)Cc1sccc1C)C(=O)Nc1c(Cl)cccc1Cl. The summed E-state index contributed by atoms with van der Waals surface area (Å²) in [6.07, 6.45) is 0.694. The molecule has 0 saturated carbocycles. The van der Waals surface area contributed by atoms with Gasteiger partial charge in [0.05, 0.1) is 22.3 Å². The van der Waals surface area contributed by atoms with Crippen molar-refractivity contribution in [1.82, 2.24) is 9.80 Å². The molecule has 180 valence electrons. The molecule has 3 rings (SSSR count). The van der Waals surface area contributed by atoms with Crippen molar-refractivity contribution in [3.05, 3.63) is 86.0 Å². The van der Waals surface area contributed by atoms with E-state index < -0.39 is 6.03 Å². The quantitative estimate of drug-likeness (QED) is 0.325. The monoisotopic (exact) mass is 517 g/mol. The molecule has 3 aromatic rings. The zero-order valence-corrected chi connectivity index (χ0v) is 21.9. The van der Waals surface area contributed by atoms with E-state index in [-0.39, 0.29) is 18.5 Å². The number of thiophene rings is 1. The molecule has 1 atom stereocenters. The molecule has 1 unspecified atom stereocenters. The maximum atomic E-state index is 13.6. The van der Waals surface area contributed by atoms with Gasteiger partial charge in [0.2, 0.25) is 5.91 Å². The molecule has 1 N–H and O–H groups in total. The van der Waals surface area contributed by atoms with Gasteiger partial charge in [0.25, 0.3) is 0 Å². The highest BCUT2D eigenvalue weighted by molar-refractivity contribution is 7.10. The molecule has 0 fully saturated rings. The molecule has 34 heavy (non-hydrogen) atoms. The number of anilines is 1. The number of benzene rings is 2. The zero-order chi connectivity index (χ0) is 24.7. The molecule has 8 heteroatoms. The van der Waals surface area contributed by atoms with Crippen LogP contribution in [0.4, 0.5) is 10.5 Å². The number of hydrogen-bond donors (Lipinski definition) is 1. The molecule has 0 radical (unpaired) electrons. The molecule has 0 aliphatic rings. The van der Waals surface area contributed by atoms with Gasteiger partial charge >= 0.3 is 6.03 Å². The fourth-order valence-corrected chi connectivity index (χ4v) is 4.88. The van der Waals surface area contributed by atoms with E-state index in [0.717, 1.165) is 16.0 Å². The molecule has 1 aromatic heterocycles. The fourth-order valence-electron chi connectivity index (χ4n) is 3.47. The number of amides is 3. The third-order valence-corrected chi connectivity index (χ3v) is 7.39. The number of halogens is 2. The van der Waals surface area contributed by atoms with Gasteiger partial charge in [-0.05, 0) is 55.0 Å². The van der Waals surface area contributed by atoms with Gasteiger partial charge < -0.3 is 15.1 Å². The van der Waals surface area contributed by atoms with Crippen molar-refractivity contribution in [2.24, 2.45) is 0 Å². The minimum absolute atomic E-state index is 0.0554. The second-order valence-electron chi connectivity index (χ2n) is 8.17. The first-order valence-electron chi connectivity index (χ1n) is 11.2. The van der Waals surface area contributed by atoms with Crippen molar-refractivity contribution >= 4 is 52.2 Å². The highest BCUT2D eigenvalue weighted by Gasteiger charge is 2.26. The summed E-state index contributed by atoms with van der Waals surface area (Å²) in [5, 5.41) is 5.51. The van der Waals surface area contributed by atoms with Gasteiger partial charge in [0.15, 0.2) is 0 Å². The molecule has 0 saturated heterocycles. The minimum Gasteiger partial charge on any atom is -0.332 e. The van der Waals surface area contributed by atoms with E-state index in [1.165, 1.54) is 0 Å². The summed E-state index contributed by atoms with van der Waals surface area (Å²) in [5.74, 6) is -0.127. The maximum Gasteiger partial charge on any atom is 0.322 e. The lowest BCUT2D eigenvalue weighted by Crippen LogP contribution is -2.48. The lowest BCUT2D eigenvalue weighted by molar-refractivity contribution is -0.133. The Kier molecular flexibility index (Phi) is 9.39. The zero-order valence-electron chi connectivity index (χ0n) is 19.6. The Hall–Kier alpha value is -2.54. The fraction of sp³-hybridized carbons (Fsp3) is 0.308. The molecular formula is C26H29Cl2N3O2S. The highest BCUT2D eigenvalue weighted by atomic mass is 35.5. The molecule has 5 nitrogen and oxygen atoms in total. The van der Waals surface area contributed by atoms with Gasteiger partial charge in [-0.25, -0.2) is 4.79 Å². The maximum absolute atomic E-state index is 13.6. The van der Waals surface area contributed by atoms with Crippen LogP contribution in [0.5, 0.6) is 0 Å². The van der Waals surface area contributed by atoms with Crippen LogP contribution >= 0.6 is 34.5 Å². The molecule has 0 aliphatic heterocycles. The Labute approximate surface area is 215 Å². The molecule has 0 bridgehead atoms. The summed E-state index contributed by atoms with van der Waals surface area (Å²) in [6.45, 7) is 6.84. The first-order valence-corrected chi connectivity index (χ1v) is 12.8. The number of hydrogen-bond acceptors (Lipinski definition) is 3. The van der Waals surface area contributed by atoms with Crippen LogP contribution in [-0.4, -0.2) is 34.3 Å². The first-order chi connectivity index (χ1) is 16.3. The number of urea groups is 1. The predicted octanol–water partition coefficient (Wildman–Crippen LogP) is 7.22. The topological polar surface area (TPSA) is 52.7 Å². The third-order valence-electron chi connectivity index (χ3n) is 5.76. The van der Waals surface area contributed by atoms with E-state index in [2.05, 4.69) is 11.4 Å². The lowest BCUT2D eigenvalue weighted by atomic mass is 10.2. The van der Waals surface area contributed by atoms with E-state index in [4.69, 9.17) is 23.2 Å². The van der Waals surface area contributed by atoms with Crippen LogP contribution in [0.1, 0.15) is 36.3 Å². The van der Waals surface area contributed by atoms with Crippen molar-refractivity contribution in [2.45, 2.75) is 46.3 Å². The third kappa shape index (κ3) is 6.75. The van der Waals surface area contributed by atoms with E-state index in [1.54, 1.807) is 39.3 Å². The lowest BCUT2D eigenvalue weighted by Gasteiger charge is -2.31. The number of carbonyl (C=O) groups is 2. The largest absolute Gasteiger partial charge is 0.332 e. The molecule has 3 amide bonds. The van der Waals surface area contributed by atoms with Crippen molar-refractivity contribution in [1.29, 1.82) is 0 Å². The van der Waals surface area contributed by atoms with Crippen molar-refractivity contribution < 1.29 is 9.59 Å². The van der Waals surface area contributed by atoms with Crippen molar-refractivity contribution in [3.63, 3.8) is 0 Å². The summed E-state index contributed by atoms with van der Waals surface area (Å²) in [7, 11) is 0. The number of aryl methyl sites for hydroxylation is 1. The Bertz CT molecular complexity index is 1100. The Morgan fingerprint density at radius 2 is 1.68 bits per heavy atom. The van der Waals surface area contributed by atoms with Crippen LogP contribution in [0.2, 0.25) is 10.0 Å². The van der Waals surface area contributed by atoms with Gasteiger partial charge in [-0.1, -0.05) is 66.5 Å². The van der Waals surface area contributed by atoms with Gasteiger partial charge in [0.1, 0.15) is 6.54 Å². The van der Waals surface area contributed by atoms with Crippen LogP contribution in [0.25, 0.3) is 0 Å². The predicted molar refractivity (Wildman–Crippen MR) is 142 cm³/mol. The normalized spacial score (nSPS) is 11.7. The molecule has 1 heterocycles. The molecule has 0 spiro atoms. The number of rotatable bonds is 9. The van der Waals surface area contributed by atoms with Crippen molar-refractivity contribution in [3.8, 4) is 0 Å². The second-order valence-corrected chi connectivity index (χ2v) is 9.99. The number of carbonyl (C=O) groups excluding carboxylic acids is 2.